The third-order valence-corrected chi connectivity index (χ3v) is 1.09. The summed E-state index contributed by atoms with van der Waals surface area (Å²) in [5, 5.41) is 13.7. The summed E-state index contributed by atoms with van der Waals surface area (Å²) >= 11 is 0. The Kier molecular flexibility index (Phi) is 3.87. The Morgan fingerprint density at radius 2 is 1.77 bits per heavy atom. The van der Waals surface area contributed by atoms with Gasteiger partial charge in [-0.15, -0.1) is 0 Å². The highest BCUT2D eigenvalue weighted by atomic mass is 16.3. The van der Waals surface area contributed by atoms with Crippen molar-refractivity contribution in [2.45, 2.75) is 39.5 Å². The number of hydrogen-bond acceptors (Lipinski definition) is 3. The van der Waals surface area contributed by atoms with Crippen LogP contribution in [0.5, 0.6) is 0 Å². The maximum Gasteiger partial charge on any atom is 0.270 e. The number of aliphatic hydroxyl groups is 1. The molecule has 0 bridgehead atoms. The third-order valence-electron chi connectivity index (χ3n) is 1.09. The molecule has 13 heavy (non-hydrogen) atoms. The first-order valence-electron chi connectivity index (χ1n) is 3.99. The van der Waals surface area contributed by atoms with Crippen LogP contribution in [0.2, 0.25) is 0 Å². The van der Waals surface area contributed by atoms with Crippen LogP contribution < -0.4 is 10.6 Å². The topological polar surface area (TPSA) is 78.4 Å². The first-order valence-corrected chi connectivity index (χ1v) is 3.99. The van der Waals surface area contributed by atoms with E-state index in [0.717, 1.165) is 0 Å². The van der Waals surface area contributed by atoms with E-state index in [9.17, 15) is 9.59 Å². The van der Waals surface area contributed by atoms with Crippen LogP contribution in [0.15, 0.2) is 0 Å². The van der Waals surface area contributed by atoms with Crippen LogP contribution in [0.3, 0.4) is 0 Å². The molecule has 5 nitrogen and oxygen atoms in total. The van der Waals surface area contributed by atoms with Crippen molar-refractivity contribution in [3.8, 4) is 0 Å². The van der Waals surface area contributed by atoms with Crippen LogP contribution in [0, 0.1) is 0 Å². The van der Waals surface area contributed by atoms with Gasteiger partial charge in [0.1, 0.15) is 0 Å². The molecule has 0 saturated carbocycles. The first-order chi connectivity index (χ1) is 5.72. The molecular formula is C8H16N2O3. The van der Waals surface area contributed by atoms with Gasteiger partial charge in [0.15, 0.2) is 0 Å². The quantitative estimate of drug-likeness (QED) is 0.504. The molecule has 0 unspecified atom stereocenters. The van der Waals surface area contributed by atoms with Crippen LogP contribution in [-0.2, 0) is 9.59 Å². The molecule has 0 radical (unpaired) electrons. The number of nitrogens with one attached hydrogen (secondary N) is 2. The summed E-state index contributed by atoms with van der Waals surface area (Å²) in [6.45, 7) is 6.58. The molecule has 2 amide bonds. The lowest BCUT2D eigenvalue weighted by atomic mass is 10.1. The molecule has 3 N–H and O–H groups in total. The van der Waals surface area contributed by atoms with Gasteiger partial charge in [0.05, 0.1) is 0 Å². The zero-order chi connectivity index (χ0) is 10.6. The summed E-state index contributed by atoms with van der Waals surface area (Å²) in [6.07, 6.45) is -1.48. The minimum Gasteiger partial charge on any atom is -0.365 e. The minimum absolute atomic E-state index is 0.420. The molecule has 0 aliphatic heterocycles. The van der Waals surface area contributed by atoms with Crippen molar-refractivity contribution >= 4 is 11.8 Å². The van der Waals surface area contributed by atoms with Gasteiger partial charge >= 0.3 is 0 Å². The Bertz CT molecular complexity index is 208. The van der Waals surface area contributed by atoms with Gasteiger partial charge < -0.3 is 15.7 Å². The summed E-state index contributed by atoms with van der Waals surface area (Å²) in [5.74, 6) is -1.06. The van der Waals surface area contributed by atoms with Crippen molar-refractivity contribution < 1.29 is 14.7 Å². The highest BCUT2D eigenvalue weighted by Crippen LogP contribution is 1.98. The van der Waals surface area contributed by atoms with E-state index in [1.807, 2.05) is 0 Å². The molecule has 0 aromatic carbocycles. The van der Waals surface area contributed by atoms with Crippen molar-refractivity contribution in [3.63, 3.8) is 0 Å². The summed E-state index contributed by atoms with van der Waals surface area (Å²) in [7, 11) is 0. The number of rotatable bonds is 2. The standard InChI is InChI=1S/C8H16N2O3/c1-5(11)9-6(12)7(13)10-8(2,3)4/h6,12H,1-4H3,(H,9,11)(H,10,13)/t6-/m0/s1. The smallest absolute Gasteiger partial charge is 0.270 e. The average molecular weight is 188 g/mol. The van der Waals surface area contributed by atoms with Gasteiger partial charge in [-0.25, -0.2) is 0 Å². The molecular weight excluding hydrogens is 172 g/mol. The third kappa shape index (κ3) is 6.10. The summed E-state index contributed by atoms with van der Waals surface area (Å²) < 4.78 is 0. The van der Waals surface area contributed by atoms with E-state index in [2.05, 4.69) is 10.6 Å². The molecule has 0 aliphatic rings. The Balaban J connectivity index is 4.05. The van der Waals surface area contributed by atoms with E-state index >= 15 is 0 Å². The SMILES string of the molecule is CC(=O)N[C@@H](O)C(=O)NC(C)(C)C. The lowest BCUT2D eigenvalue weighted by Gasteiger charge is -2.22. The largest absolute Gasteiger partial charge is 0.365 e. The average Bonchev–Trinajstić information content (AvgIpc) is 1.81. The van der Waals surface area contributed by atoms with Gasteiger partial charge in [-0.2, -0.15) is 0 Å². The van der Waals surface area contributed by atoms with Crippen LogP contribution in [0.1, 0.15) is 27.7 Å². The van der Waals surface area contributed by atoms with Gasteiger partial charge in [-0.05, 0) is 20.8 Å². The number of carbonyl (C=O) groups is 2. The van der Waals surface area contributed by atoms with Gasteiger partial charge in [-0.3, -0.25) is 9.59 Å². The Morgan fingerprint density at radius 1 is 1.31 bits per heavy atom. The van der Waals surface area contributed by atoms with Gasteiger partial charge in [-0.1, -0.05) is 0 Å². The maximum atomic E-state index is 11.1. The monoisotopic (exact) mass is 188 g/mol. The second-order valence-electron chi connectivity index (χ2n) is 3.84. The molecule has 0 aliphatic carbocycles. The van der Waals surface area contributed by atoms with Crippen LogP contribution >= 0.6 is 0 Å². The summed E-state index contributed by atoms with van der Waals surface area (Å²) in [4.78, 5) is 21.6. The lowest BCUT2D eigenvalue weighted by Crippen LogP contribution is -2.51. The lowest BCUT2D eigenvalue weighted by molar-refractivity contribution is -0.137. The molecule has 0 saturated heterocycles. The van der Waals surface area contributed by atoms with Crippen LogP contribution in [0.25, 0.3) is 0 Å². The van der Waals surface area contributed by atoms with Crippen molar-refractivity contribution in [1.29, 1.82) is 0 Å². The van der Waals surface area contributed by atoms with E-state index in [4.69, 9.17) is 5.11 Å². The minimum atomic E-state index is -1.48. The fraction of sp³-hybridized carbons (Fsp3) is 0.750. The Labute approximate surface area is 77.5 Å². The van der Waals surface area contributed by atoms with Gasteiger partial charge in [0.25, 0.3) is 5.91 Å². The van der Waals surface area contributed by atoms with Crippen LogP contribution in [-0.4, -0.2) is 28.7 Å². The van der Waals surface area contributed by atoms with E-state index in [0.29, 0.717) is 0 Å². The van der Waals surface area contributed by atoms with Crippen molar-refractivity contribution in [2.75, 3.05) is 0 Å². The van der Waals surface area contributed by atoms with E-state index in [1.165, 1.54) is 6.92 Å². The molecule has 0 aromatic rings. The molecule has 0 heterocycles. The number of amides is 2. The predicted octanol–water partition coefficient (Wildman–Crippen LogP) is -0.644. The second-order valence-corrected chi connectivity index (χ2v) is 3.84. The Hall–Kier alpha value is -1.10. The fourth-order valence-corrected chi connectivity index (χ4v) is 0.696. The molecule has 0 rings (SSSR count). The normalized spacial score (nSPS) is 13.3. The highest BCUT2D eigenvalue weighted by Gasteiger charge is 2.20. The first kappa shape index (κ1) is 11.9. The van der Waals surface area contributed by atoms with Gasteiger partial charge in [0, 0.05) is 12.5 Å². The summed E-state index contributed by atoms with van der Waals surface area (Å²) in [6, 6.07) is 0. The van der Waals surface area contributed by atoms with Crippen molar-refractivity contribution in [1.82, 2.24) is 10.6 Å². The summed E-state index contributed by atoms with van der Waals surface area (Å²) in [5.41, 5.74) is -0.420. The zero-order valence-corrected chi connectivity index (χ0v) is 8.34. The number of carbonyl (C=O) groups excluding carboxylic acids is 2. The van der Waals surface area contributed by atoms with E-state index < -0.39 is 23.6 Å². The van der Waals surface area contributed by atoms with Crippen molar-refractivity contribution in [3.05, 3.63) is 0 Å². The second kappa shape index (κ2) is 4.23. The molecule has 5 heteroatoms. The van der Waals surface area contributed by atoms with E-state index in [1.54, 1.807) is 20.8 Å². The predicted molar refractivity (Wildman–Crippen MR) is 47.7 cm³/mol. The number of hydrogen-bond donors (Lipinski definition) is 3. The molecule has 0 fully saturated rings. The van der Waals surface area contributed by atoms with Crippen molar-refractivity contribution in [2.24, 2.45) is 0 Å². The fourth-order valence-electron chi connectivity index (χ4n) is 0.696. The molecule has 0 aromatic heterocycles. The highest BCUT2D eigenvalue weighted by molar-refractivity contribution is 5.85. The molecule has 1 atom stereocenters. The number of aliphatic hydroxyl groups excluding tert-OH is 1. The Morgan fingerprint density at radius 3 is 2.08 bits per heavy atom. The zero-order valence-electron chi connectivity index (χ0n) is 8.34. The maximum absolute atomic E-state index is 11.1. The van der Waals surface area contributed by atoms with Gasteiger partial charge in [0.2, 0.25) is 12.1 Å². The van der Waals surface area contributed by atoms with E-state index in [-0.39, 0.29) is 0 Å². The molecule has 76 valence electrons. The van der Waals surface area contributed by atoms with Crippen LogP contribution in [0.4, 0.5) is 0 Å². The molecule has 0 spiro atoms.